The van der Waals surface area contributed by atoms with Gasteiger partial charge in [0.2, 0.25) is 0 Å². The van der Waals surface area contributed by atoms with Crippen LogP contribution in [0.2, 0.25) is 0 Å². The van der Waals surface area contributed by atoms with Crippen molar-refractivity contribution in [2.24, 2.45) is 34.0 Å². The summed E-state index contributed by atoms with van der Waals surface area (Å²) in [6.45, 7) is 7.99. The number of hydrogen-bond donors (Lipinski definition) is 1. The largest absolute Gasteiger partial charge is 0.481 e. The van der Waals surface area contributed by atoms with E-state index in [1.54, 1.807) is 0 Å². The molecule has 4 aliphatic rings. The molecule has 0 unspecified atom stereocenters. The number of ether oxygens (including phenoxy) is 1. The molecule has 25 heavy (non-hydrogen) atoms. The number of fused-ring (bicyclic) bond motifs is 3. The average Bonchev–Trinajstić information content (AvgIpc) is 2.92. The minimum atomic E-state index is -0.848. The number of esters is 2. The highest BCUT2D eigenvalue weighted by Gasteiger charge is 2.69. The number of aliphatic carboxylic acids is 1. The Morgan fingerprint density at radius 2 is 1.96 bits per heavy atom. The van der Waals surface area contributed by atoms with Gasteiger partial charge in [-0.3, -0.25) is 14.4 Å². The van der Waals surface area contributed by atoms with Crippen molar-refractivity contribution in [3.8, 4) is 0 Å². The normalized spacial score (nSPS) is 49.0. The Kier molecular flexibility index (Phi) is 3.33. The molecule has 6 atom stereocenters. The van der Waals surface area contributed by atoms with Crippen LogP contribution in [0.1, 0.15) is 58.8 Å². The highest BCUT2D eigenvalue weighted by Crippen LogP contribution is 2.68. The van der Waals surface area contributed by atoms with E-state index in [2.05, 4.69) is 6.58 Å². The van der Waals surface area contributed by atoms with Crippen LogP contribution in [-0.4, -0.2) is 23.0 Å². The Labute approximate surface area is 147 Å². The van der Waals surface area contributed by atoms with Gasteiger partial charge in [-0.05, 0) is 62.7 Å². The molecule has 2 bridgehead atoms. The monoisotopic (exact) mass is 346 g/mol. The van der Waals surface area contributed by atoms with Crippen LogP contribution < -0.4 is 0 Å². The Morgan fingerprint density at radius 3 is 2.64 bits per heavy atom. The SMILES string of the molecule is C=C1C[C@]2(C(=O)O)C[C@H]1CC[C@H]2[C@]1(C)CCC[C@@]2(C)C(=O)OC(=O)[C@@H]12. The predicted octanol–water partition coefficient (Wildman–Crippen LogP) is 3.33. The molecule has 0 aromatic carbocycles. The van der Waals surface area contributed by atoms with Crippen molar-refractivity contribution in [3.05, 3.63) is 12.2 Å². The van der Waals surface area contributed by atoms with Crippen molar-refractivity contribution in [3.63, 3.8) is 0 Å². The van der Waals surface area contributed by atoms with Gasteiger partial charge in [0.05, 0.1) is 16.7 Å². The molecule has 1 aliphatic heterocycles. The van der Waals surface area contributed by atoms with E-state index in [4.69, 9.17) is 4.74 Å². The molecule has 3 aliphatic carbocycles. The van der Waals surface area contributed by atoms with Crippen LogP contribution in [0, 0.1) is 34.0 Å². The second kappa shape index (κ2) is 4.95. The van der Waals surface area contributed by atoms with Gasteiger partial charge in [-0.2, -0.15) is 0 Å². The quantitative estimate of drug-likeness (QED) is 0.471. The number of cyclic esters (lactones) is 2. The van der Waals surface area contributed by atoms with Crippen molar-refractivity contribution in [2.45, 2.75) is 58.8 Å². The summed E-state index contributed by atoms with van der Waals surface area (Å²) in [7, 11) is 0. The Balaban J connectivity index is 1.82. The summed E-state index contributed by atoms with van der Waals surface area (Å²) in [6.07, 6.45) is 5.06. The molecular weight excluding hydrogens is 320 g/mol. The summed E-state index contributed by atoms with van der Waals surface area (Å²) < 4.78 is 5.05. The van der Waals surface area contributed by atoms with Gasteiger partial charge in [-0.1, -0.05) is 25.5 Å². The minimum Gasteiger partial charge on any atom is -0.481 e. The van der Waals surface area contributed by atoms with E-state index in [1.165, 1.54) is 0 Å². The molecule has 0 radical (unpaired) electrons. The van der Waals surface area contributed by atoms with Crippen LogP contribution in [-0.2, 0) is 19.1 Å². The van der Waals surface area contributed by atoms with E-state index >= 15 is 0 Å². The first-order chi connectivity index (χ1) is 11.6. The number of carbonyl (C=O) groups excluding carboxylic acids is 2. The molecule has 4 rings (SSSR count). The molecule has 0 aromatic rings. The number of allylic oxidation sites excluding steroid dienone is 1. The van der Waals surface area contributed by atoms with Gasteiger partial charge >= 0.3 is 17.9 Å². The summed E-state index contributed by atoms with van der Waals surface area (Å²) in [4.78, 5) is 37.3. The number of carboxylic acids is 1. The van der Waals surface area contributed by atoms with Crippen molar-refractivity contribution in [1.82, 2.24) is 0 Å². The third-order valence-corrected chi connectivity index (χ3v) is 8.03. The molecule has 4 fully saturated rings. The van der Waals surface area contributed by atoms with Crippen LogP contribution in [0.4, 0.5) is 0 Å². The van der Waals surface area contributed by atoms with Gasteiger partial charge in [0, 0.05) is 0 Å². The summed E-state index contributed by atoms with van der Waals surface area (Å²) >= 11 is 0. The van der Waals surface area contributed by atoms with E-state index < -0.39 is 40.1 Å². The molecule has 0 spiro atoms. The molecule has 5 nitrogen and oxygen atoms in total. The van der Waals surface area contributed by atoms with Crippen molar-refractivity contribution in [1.29, 1.82) is 0 Å². The topological polar surface area (TPSA) is 80.7 Å². The van der Waals surface area contributed by atoms with Crippen molar-refractivity contribution in [2.75, 3.05) is 0 Å². The zero-order valence-corrected chi connectivity index (χ0v) is 15.0. The van der Waals surface area contributed by atoms with E-state index in [-0.39, 0.29) is 11.8 Å². The van der Waals surface area contributed by atoms with E-state index in [1.807, 2.05) is 13.8 Å². The van der Waals surface area contributed by atoms with Gasteiger partial charge in [-0.25, -0.2) is 0 Å². The summed E-state index contributed by atoms with van der Waals surface area (Å²) in [5, 5.41) is 10.1. The Morgan fingerprint density at radius 1 is 1.24 bits per heavy atom. The summed E-state index contributed by atoms with van der Waals surface area (Å²) in [5.41, 5.74) is -1.14. The average molecular weight is 346 g/mol. The lowest BCUT2D eigenvalue weighted by Gasteiger charge is -2.54. The highest BCUT2D eigenvalue weighted by atomic mass is 16.6. The second-order valence-electron chi connectivity index (χ2n) is 9.25. The standard InChI is InChI=1S/C20H26O5/c1-11-9-20(16(22)23)10-12(11)5-6-13(20)18(2)7-4-8-19(3)14(18)15(21)25-17(19)24/h12-14H,1,4-10H2,2-3H3,(H,22,23)/t12-,13+,14+,18+,19-,20+/m1/s1. The molecule has 1 saturated heterocycles. The second-order valence-corrected chi connectivity index (χ2v) is 9.25. The summed E-state index contributed by atoms with van der Waals surface area (Å²) in [5.74, 6) is -2.03. The molecule has 1 N–H and O–H groups in total. The molecule has 136 valence electrons. The zero-order chi connectivity index (χ0) is 18.2. The molecule has 1 heterocycles. The van der Waals surface area contributed by atoms with E-state index in [0.29, 0.717) is 19.3 Å². The van der Waals surface area contributed by atoms with Crippen LogP contribution >= 0.6 is 0 Å². The van der Waals surface area contributed by atoms with Gasteiger partial charge in [0.15, 0.2) is 0 Å². The van der Waals surface area contributed by atoms with E-state index in [9.17, 15) is 19.5 Å². The fourth-order valence-electron chi connectivity index (χ4n) is 6.94. The number of carbonyl (C=O) groups is 3. The lowest BCUT2D eigenvalue weighted by atomic mass is 9.46. The van der Waals surface area contributed by atoms with E-state index in [0.717, 1.165) is 31.3 Å². The van der Waals surface area contributed by atoms with Crippen LogP contribution in [0.15, 0.2) is 12.2 Å². The maximum Gasteiger partial charge on any atom is 0.320 e. The van der Waals surface area contributed by atoms with Crippen molar-refractivity contribution >= 4 is 17.9 Å². The Bertz CT molecular complexity index is 696. The third kappa shape index (κ3) is 1.92. The first-order valence-electron chi connectivity index (χ1n) is 9.32. The maximum atomic E-state index is 12.6. The predicted molar refractivity (Wildman–Crippen MR) is 89.3 cm³/mol. The van der Waals surface area contributed by atoms with Gasteiger partial charge < -0.3 is 9.84 Å². The highest BCUT2D eigenvalue weighted by molar-refractivity contribution is 5.99. The first-order valence-corrected chi connectivity index (χ1v) is 9.32. The maximum absolute atomic E-state index is 12.6. The van der Waals surface area contributed by atoms with Crippen molar-refractivity contribution < 1.29 is 24.2 Å². The Hall–Kier alpha value is -1.65. The minimum absolute atomic E-state index is 0.129. The van der Waals surface area contributed by atoms with Crippen LogP contribution in [0.25, 0.3) is 0 Å². The van der Waals surface area contributed by atoms with Gasteiger partial charge in [0.25, 0.3) is 0 Å². The lowest BCUT2D eigenvalue weighted by molar-refractivity contribution is -0.170. The van der Waals surface area contributed by atoms with Gasteiger partial charge in [0.1, 0.15) is 0 Å². The molecule has 5 heteroatoms. The molecule has 0 amide bonds. The van der Waals surface area contributed by atoms with Crippen LogP contribution in [0.3, 0.4) is 0 Å². The van der Waals surface area contributed by atoms with Crippen LogP contribution in [0.5, 0.6) is 0 Å². The number of hydrogen-bond acceptors (Lipinski definition) is 4. The summed E-state index contributed by atoms with van der Waals surface area (Å²) in [6, 6.07) is 0. The first kappa shape index (κ1) is 16.8. The molecule has 3 saturated carbocycles. The number of carboxylic acid groups (broad SMARTS) is 1. The zero-order valence-electron chi connectivity index (χ0n) is 15.0. The fraction of sp³-hybridized carbons (Fsp3) is 0.750. The smallest absolute Gasteiger partial charge is 0.320 e. The lowest BCUT2D eigenvalue weighted by Crippen LogP contribution is -2.55. The van der Waals surface area contributed by atoms with Gasteiger partial charge in [-0.15, -0.1) is 0 Å². The third-order valence-electron chi connectivity index (χ3n) is 8.03. The number of rotatable bonds is 2. The molecule has 0 aromatic heterocycles. The molecular formula is C20H26O5. The fourth-order valence-corrected chi connectivity index (χ4v) is 6.94.